The second-order valence-electron chi connectivity index (χ2n) is 8.55. The smallest absolute Gasteiger partial charge is 0.339 e. The number of rotatable bonds is 18. The largest absolute Gasteiger partial charge is 0.507 e. The van der Waals surface area contributed by atoms with Gasteiger partial charge in [0.1, 0.15) is 11.3 Å². The predicted molar refractivity (Wildman–Crippen MR) is 136 cm³/mol. The molecule has 0 bridgehead atoms. The van der Waals surface area contributed by atoms with Gasteiger partial charge in [-0.3, -0.25) is 0 Å². The standard InChI is InChI=1S/C21H40O2.C7H6O3/c1-4-6-8-10-11-12-13-14-15-17-19-23-21(22)20(3)18-16-9-7-5-2;8-6-4-2-1-3-5(6)7(9)10/h3-19H2,1-2H3;1-4,8H,(H,9,10). The van der Waals surface area contributed by atoms with E-state index in [-0.39, 0.29) is 17.3 Å². The summed E-state index contributed by atoms with van der Waals surface area (Å²) in [6.45, 7) is 8.86. The van der Waals surface area contributed by atoms with Crippen molar-refractivity contribution in [2.75, 3.05) is 6.61 Å². The lowest BCUT2D eigenvalue weighted by Crippen LogP contribution is -2.08. The first-order valence-electron chi connectivity index (χ1n) is 12.8. The number of carboxylic acids is 1. The summed E-state index contributed by atoms with van der Waals surface area (Å²) in [5.74, 6) is -1.49. The number of aromatic hydroxyl groups is 1. The highest BCUT2D eigenvalue weighted by atomic mass is 16.5. The van der Waals surface area contributed by atoms with Crippen LogP contribution in [0.15, 0.2) is 36.4 Å². The highest BCUT2D eigenvalue weighted by molar-refractivity contribution is 5.90. The van der Waals surface area contributed by atoms with Gasteiger partial charge in [0.05, 0.1) is 6.61 Å². The van der Waals surface area contributed by atoms with Crippen LogP contribution < -0.4 is 0 Å². The Kier molecular flexibility index (Phi) is 20.0. The summed E-state index contributed by atoms with van der Waals surface area (Å²) in [5, 5.41) is 17.3. The summed E-state index contributed by atoms with van der Waals surface area (Å²) in [7, 11) is 0. The van der Waals surface area contributed by atoms with Crippen LogP contribution in [0.25, 0.3) is 0 Å². The first-order chi connectivity index (χ1) is 15.9. The second-order valence-corrected chi connectivity index (χ2v) is 8.55. The molecule has 0 fully saturated rings. The van der Waals surface area contributed by atoms with E-state index in [0.717, 1.165) is 19.3 Å². The van der Waals surface area contributed by atoms with Gasteiger partial charge in [0, 0.05) is 5.57 Å². The van der Waals surface area contributed by atoms with Crippen molar-refractivity contribution in [2.24, 2.45) is 0 Å². The summed E-state index contributed by atoms with van der Waals surface area (Å²) in [6.07, 6.45) is 18.5. The Labute approximate surface area is 201 Å². The SMILES string of the molecule is C=C(CCCCCC)C(=O)OCCCCCCCCCCCC.O=C(O)c1ccccc1O. The van der Waals surface area contributed by atoms with Crippen LogP contribution in [0.3, 0.4) is 0 Å². The number of esters is 1. The summed E-state index contributed by atoms with van der Waals surface area (Å²) in [6, 6.07) is 5.81. The molecule has 1 aromatic carbocycles. The van der Waals surface area contributed by atoms with Crippen molar-refractivity contribution in [1.82, 2.24) is 0 Å². The van der Waals surface area contributed by atoms with E-state index in [9.17, 15) is 9.59 Å². The van der Waals surface area contributed by atoms with E-state index in [1.807, 2.05) is 0 Å². The van der Waals surface area contributed by atoms with Crippen molar-refractivity contribution in [3.63, 3.8) is 0 Å². The Morgan fingerprint density at radius 1 is 0.788 bits per heavy atom. The fraction of sp³-hybridized carbons (Fsp3) is 0.643. The number of carboxylic acid groups (broad SMARTS) is 1. The van der Waals surface area contributed by atoms with Crippen LogP contribution in [0.1, 0.15) is 121 Å². The molecule has 0 unspecified atom stereocenters. The molecule has 0 aromatic heterocycles. The number of para-hydroxylation sites is 1. The van der Waals surface area contributed by atoms with E-state index in [0.29, 0.717) is 12.2 Å². The van der Waals surface area contributed by atoms with E-state index in [2.05, 4.69) is 20.4 Å². The van der Waals surface area contributed by atoms with Gasteiger partial charge in [0.15, 0.2) is 0 Å². The first-order valence-corrected chi connectivity index (χ1v) is 12.8. The van der Waals surface area contributed by atoms with Crippen LogP contribution in [-0.2, 0) is 9.53 Å². The Morgan fingerprint density at radius 3 is 1.76 bits per heavy atom. The number of ether oxygens (including phenoxy) is 1. The topological polar surface area (TPSA) is 83.8 Å². The molecule has 1 rings (SSSR count). The molecule has 188 valence electrons. The van der Waals surface area contributed by atoms with E-state index < -0.39 is 5.97 Å². The molecular weight excluding hydrogens is 416 g/mol. The molecule has 0 aliphatic rings. The zero-order valence-corrected chi connectivity index (χ0v) is 20.9. The van der Waals surface area contributed by atoms with Gasteiger partial charge in [-0.25, -0.2) is 9.59 Å². The molecule has 0 heterocycles. The fourth-order valence-corrected chi connectivity index (χ4v) is 3.38. The van der Waals surface area contributed by atoms with E-state index in [4.69, 9.17) is 14.9 Å². The zero-order chi connectivity index (χ0) is 24.7. The second kappa shape index (κ2) is 21.5. The molecule has 0 spiro atoms. The predicted octanol–water partition coefficient (Wildman–Crippen LogP) is 8.07. The fourth-order valence-electron chi connectivity index (χ4n) is 3.38. The Bertz CT molecular complexity index is 653. The molecule has 0 amide bonds. The number of aromatic carboxylic acids is 1. The van der Waals surface area contributed by atoms with Gasteiger partial charge in [-0.05, 0) is 31.4 Å². The molecule has 1 aromatic rings. The molecular formula is C28H46O5. The Hall–Kier alpha value is -2.30. The molecule has 0 aliphatic carbocycles. The summed E-state index contributed by atoms with van der Waals surface area (Å²) >= 11 is 0. The molecule has 0 atom stereocenters. The first kappa shape index (κ1) is 30.7. The molecule has 0 saturated carbocycles. The molecule has 5 nitrogen and oxygen atoms in total. The van der Waals surface area contributed by atoms with Gasteiger partial charge in [0.2, 0.25) is 0 Å². The van der Waals surface area contributed by atoms with Gasteiger partial charge >= 0.3 is 11.9 Å². The third kappa shape index (κ3) is 17.9. The third-order valence-corrected chi connectivity index (χ3v) is 5.49. The van der Waals surface area contributed by atoms with E-state index in [1.165, 1.54) is 89.2 Å². The van der Waals surface area contributed by atoms with Gasteiger partial charge in [-0.2, -0.15) is 0 Å². The van der Waals surface area contributed by atoms with Gasteiger partial charge in [0.25, 0.3) is 0 Å². The van der Waals surface area contributed by atoms with Gasteiger partial charge in [-0.1, -0.05) is 110 Å². The minimum Gasteiger partial charge on any atom is -0.507 e. The highest BCUT2D eigenvalue weighted by Crippen LogP contribution is 2.14. The van der Waals surface area contributed by atoms with Crippen LogP contribution in [-0.4, -0.2) is 28.8 Å². The average molecular weight is 463 g/mol. The number of unbranched alkanes of at least 4 members (excludes halogenated alkanes) is 12. The quantitative estimate of drug-likeness (QED) is 0.131. The van der Waals surface area contributed by atoms with Crippen LogP contribution in [0.2, 0.25) is 0 Å². The molecule has 0 saturated heterocycles. The zero-order valence-electron chi connectivity index (χ0n) is 20.9. The number of phenols is 1. The monoisotopic (exact) mass is 462 g/mol. The highest BCUT2D eigenvalue weighted by Gasteiger charge is 2.08. The summed E-state index contributed by atoms with van der Waals surface area (Å²) in [4.78, 5) is 22.0. The molecule has 2 N–H and O–H groups in total. The van der Waals surface area contributed by atoms with Crippen molar-refractivity contribution in [2.45, 2.75) is 110 Å². The van der Waals surface area contributed by atoms with Crippen molar-refractivity contribution < 1.29 is 24.5 Å². The van der Waals surface area contributed by atoms with Crippen molar-refractivity contribution in [1.29, 1.82) is 0 Å². The lowest BCUT2D eigenvalue weighted by molar-refractivity contribution is -0.139. The van der Waals surface area contributed by atoms with Crippen molar-refractivity contribution in [3.8, 4) is 5.75 Å². The van der Waals surface area contributed by atoms with Crippen LogP contribution >= 0.6 is 0 Å². The number of hydrogen-bond acceptors (Lipinski definition) is 4. The number of carbonyl (C=O) groups excluding carboxylic acids is 1. The number of hydrogen-bond donors (Lipinski definition) is 2. The minimum absolute atomic E-state index is 0.0671. The summed E-state index contributed by atoms with van der Waals surface area (Å²) in [5.41, 5.74) is 0.579. The van der Waals surface area contributed by atoms with Crippen LogP contribution in [0, 0.1) is 0 Å². The van der Waals surface area contributed by atoms with Crippen molar-refractivity contribution >= 4 is 11.9 Å². The van der Waals surface area contributed by atoms with Crippen LogP contribution in [0.4, 0.5) is 0 Å². The summed E-state index contributed by atoms with van der Waals surface area (Å²) < 4.78 is 5.29. The molecule has 33 heavy (non-hydrogen) atoms. The lowest BCUT2D eigenvalue weighted by atomic mass is 10.1. The Morgan fingerprint density at radius 2 is 1.27 bits per heavy atom. The lowest BCUT2D eigenvalue weighted by Gasteiger charge is -2.07. The maximum absolute atomic E-state index is 11.7. The van der Waals surface area contributed by atoms with E-state index in [1.54, 1.807) is 12.1 Å². The normalized spacial score (nSPS) is 10.2. The van der Waals surface area contributed by atoms with Gasteiger partial charge < -0.3 is 14.9 Å². The van der Waals surface area contributed by atoms with E-state index >= 15 is 0 Å². The van der Waals surface area contributed by atoms with Gasteiger partial charge in [-0.15, -0.1) is 0 Å². The maximum atomic E-state index is 11.7. The number of carbonyl (C=O) groups is 2. The Balaban J connectivity index is 0.000000843. The molecule has 5 heteroatoms. The molecule has 0 aliphatic heterocycles. The number of benzene rings is 1. The van der Waals surface area contributed by atoms with Crippen molar-refractivity contribution in [3.05, 3.63) is 42.0 Å². The molecule has 0 radical (unpaired) electrons. The third-order valence-electron chi connectivity index (χ3n) is 5.49. The average Bonchev–Trinajstić information content (AvgIpc) is 2.80. The minimum atomic E-state index is -1.11. The van der Waals surface area contributed by atoms with Crippen LogP contribution in [0.5, 0.6) is 5.75 Å². The maximum Gasteiger partial charge on any atom is 0.339 e.